The van der Waals surface area contributed by atoms with Crippen LogP contribution in [0.4, 0.5) is 0 Å². The maximum absolute atomic E-state index is 12.6. The molecule has 0 aromatic heterocycles. The highest BCUT2D eigenvalue weighted by atomic mass is 16.7. The maximum Gasteiger partial charge on any atom is 0.495 e. The first-order valence-corrected chi connectivity index (χ1v) is 7.94. The number of benzene rings is 2. The van der Waals surface area contributed by atoms with Gasteiger partial charge in [0, 0.05) is 11.1 Å². The molecule has 0 radical (unpaired) electrons. The third kappa shape index (κ3) is 1.95. The minimum atomic E-state index is -0.464. The van der Waals surface area contributed by atoms with Gasteiger partial charge in [-0.2, -0.15) is 0 Å². The lowest BCUT2D eigenvalue weighted by atomic mass is 9.74. The van der Waals surface area contributed by atoms with Crippen molar-refractivity contribution in [2.45, 2.75) is 38.9 Å². The second-order valence-corrected chi connectivity index (χ2v) is 7.23. The molecule has 1 aliphatic carbocycles. The van der Waals surface area contributed by atoms with E-state index in [1.54, 1.807) is 0 Å². The van der Waals surface area contributed by atoms with Crippen molar-refractivity contribution in [3.63, 3.8) is 0 Å². The SMILES string of the molecule is CC1(C)OB(c2cccc3c2-c2ccccc2C3=O)OC1(C)C. The molecule has 2 aromatic rings. The molecule has 1 saturated heterocycles. The largest absolute Gasteiger partial charge is 0.495 e. The van der Waals surface area contributed by atoms with E-state index in [1.165, 1.54) is 0 Å². The van der Waals surface area contributed by atoms with E-state index in [4.69, 9.17) is 9.31 Å². The van der Waals surface area contributed by atoms with Gasteiger partial charge in [0.05, 0.1) is 11.2 Å². The Morgan fingerprint density at radius 3 is 2.00 bits per heavy atom. The number of rotatable bonds is 1. The van der Waals surface area contributed by atoms with Gasteiger partial charge in [-0.15, -0.1) is 0 Å². The summed E-state index contributed by atoms with van der Waals surface area (Å²) in [5.41, 5.74) is 3.54. The minimum Gasteiger partial charge on any atom is -0.399 e. The first-order valence-electron chi connectivity index (χ1n) is 7.94. The van der Waals surface area contributed by atoms with Gasteiger partial charge in [-0.3, -0.25) is 4.79 Å². The molecular weight excluding hydrogens is 287 g/mol. The summed E-state index contributed by atoms with van der Waals surface area (Å²) in [6, 6.07) is 13.5. The van der Waals surface area contributed by atoms with E-state index in [2.05, 4.69) is 0 Å². The fourth-order valence-electron chi connectivity index (χ4n) is 3.27. The predicted octanol–water partition coefficient (Wildman–Crippen LogP) is 3.20. The summed E-state index contributed by atoms with van der Waals surface area (Å²) in [5, 5.41) is 0. The summed E-state index contributed by atoms with van der Waals surface area (Å²) < 4.78 is 12.4. The van der Waals surface area contributed by atoms with Gasteiger partial charge >= 0.3 is 7.12 Å². The highest BCUT2D eigenvalue weighted by Gasteiger charge is 2.52. The molecular formula is C19H19BO3. The molecule has 0 N–H and O–H groups in total. The number of carbonyl (C=O) groups is 1. The average molecular weight is 306 g/mol. The predicted molar refractivity (Wildman–Crippen MR) is 91.0 cm³/mol. The molecule has 3 nitrogen and oxygen atoms in total. The van der Waals surface area contributed by atoms with Crippen LogP contribution in [-0.4, -0.2) is 24.1 Å². The normalized spacial score (nSPS) is 20.5. The van der Waals surface area contributed by atoms with Gasteiger partial charge in [0.2, 0.25) is 0 Å². The first-order chi connectivity index (χ1) is 10.8. The van der Waals surface area contributed by atoms with Crippen molar-refractivity contribution < 1.29 is 14.1 Å². The van der Waals surface area contributed by atoms with Crippen LogP contribution in [0, 0.1) is 0 Å². The number of fused-ring (bicyclic) bond motifs is 3. The van der Waals surface area contributed by atoms with Gasteiger partial charge in [0.25, 0.3) is 0 Å². The highest BCUT2D eigenvalue weighted by molar-refractivity contribution is 6.64. The molecule has 0 unspecified atom stereocenters. The van der Waals surface area contributed by atoms with Crippen LogP contribution in [0.2, 0.25) is 0 Å². The van der Waals surface area contributed by atoms with Crippen LogP contribution in [0.1, 0.15) is 43.6 Å². The zero-order valence-corrected chi connectivity index (χ0v) is 13.8. The second kappa shape index (κ2) is 4.56. The molecule has 1 heterocycles. The lowest BCUT2D eigenvalue weighted by molar-refractivity contribution is 0.00578. The van der Waals surface area contributed by atoms with Crippen molar-refractivity contribution in [2.75, 3.05) is 0 Å². The molecule has 0 atom stereocenters. The second-order valence-electron chi connectivity index (χ2n) is 7.23. The van der Waals surface area contributed by atoms with E-state index >= 15 is 0 Å². The van der Waals surface area contributed by atoms with Crippen LogP contribution in [0.25, 0.3) is 11.1 Å². The topological polar surface area (TPSA) is 35.5 Å². The van der Waals surface area contributed by atoms with Crippen molar-refractivity contribution in [1.29, 1.82) is 0 Å². The van der Waals surface area contributed by atoms with E-state index in [0.717, 1.165) is 27.7 Å². The fourth-order valence-corrected chi connectivity index (χ4v) is 3.27. The van der Waals surface area contributed by atoms with Gasteiger partial charge in [0.1, 0.15) is 0 Å². The Labute approximate surface area is 136 Å². The molecule has 23 heavy (non-hydrogen) atoms. The number of carbonyl (C=O) groups excluding carboxylic acids is 1. The van der Waals surface area contributed by atoms with Crippen LogP contribution in [0.15, 0.2) is 42.5 Å². The monoisotopic (exact) mass is 306 g/mol. The standard InChI is InChI=1S/C19H19BO3/c1-18(2)19(3,4)23-20(22-18)15-11-7-10-14-16(15)12-8-5-6-9-13(12)17(14)21/h5-11H,1-4H3. The Kier molecular flexibility index (Phi) is 2.91. The van der Waals surface area contributed by atoms with Gasteiger partial charge < -0.3 is 9.31 Å². The maximum atomic E-state index is 12.6. The zero-order valence-electron chi connectivity index (χ0n) is 13.8. The van der Waals surface area contributed by atoms with Gasteiger partial charge in [-0.05, 0) is 44.3 Å². The van der Waals surface area contributed by atoms with Gasteiger partial charge in [-0.1, -0.05) is 42.5 Å². The molecule has 0 saturated carbocycles. The lowest BCUT2D eigenvalue weighted by Crippen LogP contribution is -2.41. The number of ketones is 1. The average Bonchev–Trinajstić information content (AvgIpc) is 2.91. The molecule has 4 rings (SSSR count). The van der Waals surface area contributed by atoms with E-state index in [-0.39, 0.29) is 5.78 Å². The summed E-state index contributed by atoms with van der Waals surface area (Å²) in [6.07, 6.45) is 0. The minimum absolute atomic E-state index is 0.0777. The van der Waals surface area contributed by atoms with E-state index in [0.29, 0.717) is 0 Å². The van der Waals surface area contributed by atoms with E-state index in [9.17, 15) is 4.79 Å². The smallest absolute Gasteiger partial charge is 0.399 e. The van der Waals surface area contributed by atoms with Crippen molar-refractivity contribution in [2.24, 2.45) is 0 Å². The van der Waals surface area contributed by atoms with E-state index < -0.39 is 18.3 Å². The van der Waals surface area contributed by atoms with Crippen molar-refractivity contribution in [1.82, 2.24) is 0 Å². The highest BCUT2D eigenvalue weighted by Crippen LogP contribution is 2.40. The molecule has 116 valence electrons. The van der Waals surface area contributed by atoms with Crippen LogP contribution in [-0.2, 0) is 9.31 Å². The molecule has 4 heteroatoms. The Morgan fingerprint density at radius 1 is 0.783 bits per heavy atom. The Balaban J connectivity index is 1.88. The summed E-state index contributed by atoms with van der Waals surface area (Å²) in [4.78, 5) is 12.6. The molecule has 1 aliphatic heterocycles. The first kappa shape index (κ1) is 14.7. The summed E-state index contributed by atoms with van der Waals surface area (Å²) in [6.45, 7) is 8.15. The van der Waals surface area contributed by atoms with Crippen molar-refractivity contribution >= 4 is 18.4 Å². The Bertz CT molecular complexity index is 807. The van der Waals surface area contributed by atoms with Crippen molar-refractivity contribution in [3.05, 3.63) is 53.6 Å². The molecule has 2 aromatic carbocycles. The fraction of sp³-hybridized carbons (Fsp3) is 0.316. The molecule has 0 bridgehead atoms. The quantitative estimate of drug-likeness (QED) is 0.648. The summed E-state index contributed by atoms with van der Waals surface area (Å²) in [7, 11) is -0.464. The Morgan fingerprint density at radius 2 is 1.35 bits per heavy atom. The zero-order chi connectivity index (χ0) is 16.4. The van der Waals surface area contributed by atoms with Gasteiger partial charge in [-0.25, -0.2) is 0 Å². The van der Waals surface area contributed by atoms with Gasteiger partial charge in [0.15, 0.2) is 5.78 Å². The van der Waals surface area contributed by atoms with Crippen LogP contribution >= 0.6 is 0 Å². The van der Waals surface area contributed by atoms with Crippen LogP contribution < -0.4 is 5.46 Å². The molecule has 0 amide bonds. The molecule has 1 fully saturated rings. The van der Waals surface area contributed by atoms with E-state index in [1.807, 2.05) is 70.2 Å². The number of hydrogen-bond donors (Lipinski definition) is 0. The molecule has 0 spiro atoms. The summed E-state index contributed by atoms with van der Waals surface area (Å²) >= 11 is 0. The molecule has 2 aliphatic rings. The lowest BCUT2D eigenvalue weighted by Gasteiger charge is -2.32. The number of hydrogen-bond acceptors (Lipinski definition) is 3. The van der Waals surface area contributed by atoms with Crippen LogP contribution in [0.5, 0.6) is 0 Å². The third-order valence-electron chi connectivity index (χ3n) is 5.29. The summed E-state index contributed by atoms with van der Waals surface area (Å²) in [5.74, 6) is 0.0777. The third-order valence-corrected chi connectivity index (χ3v) is 5.29. The van der Waals surface area contributed by atoms with Crippen molar-refractivity contribution in [3.8, 4) is 11.1 Å². The van der Waals surface area contributed by atoms with Crippen LogP contribution in [0.3, 0.4) is 0 Å². The Hall–Kier alpha value is -1.91.